The van der Waals surface area contributed by atoms with E-state index in [1.54, 1.807) is 0 Å². The quantitative estimate of drug-likeness (QED) is 0.444. The van der Waals surface area contributed by atoms with Crippen LogP contribution in [0, 0.1) is 0 Å². The minimum atomic E-state index is -0.743. The van der Waals surface area contributed by atoms with Crippen LogP contribution in [0.1, 0.15) is 57.9 Å². The second kappa shape index (κ2) is 12.9. The molecule has 1 aromatic carbocycles. The van der Waals surface area contributed by atoms with E-state index in [-0.39, 0.29) is 32.5 Å². The minimum absolute atomic E-state index is 0. The third-order valence-corrected chi connectivity index (χ3v) is 5.86. The van der Waals surface area contributed by atoms with E-state index in [0.717, 1.165) is 30.1 Å². The second-order valence-corrected chi connectivity index (χ2v) is 8.03. The fraction of sp³-hybridized carbons (Fsp3) is 0.667. The third-order valence-electron chi connectivity index (χ3n) is 4.11. The van der Waals surface area contributed by atoms with E-state index < -0.39 is 10.8 Å². The first-order valence-corrected chi connectivity index (χ1v) is 9.84. The van der Waals surface area contributed by atoms with E-state index >= 15 is 0 Å². The van der Waals surface area contributed by atoms with Crippen LogP contribution in [0.3, 0.4) is 0 Å². The van der Waals surface area contributed by atoms with Gasteiger partial charge in [-0.1, -0.05) is 52.0 Å². The van der Waals surface area contributed by atoms with Crippen LogP contribution >= 0.6 is 0 Å². The molecule has 1 aromatic rings. The number of hydrogen-bond acceptors (Lipinski definition) is 4. The summed E-state index contributed by atoms with van der Waals surface area (Å²) in [6, 6.07) is 6.01. The van der Waals surface area contributed by atoms with Gasteiger partial charge in [0, 0.05) is 42.9 Å². The van der Waals surface area contributed by atoms with Crippen molar-refractivity contribution in [1.82, 2.24) is 6.15 Å². The Morgan fingerprint density at radius 1 is 1.08 bits per heavy atom. The second-order valence-electron chi connectivity index (χ2n) is 6.05. The summed E-state index contributed by atoms with van der Waals surface area (Å²) in [5.41, 5.74) is 1.17. The summed E-state index contributed by atoms with van der Waals surface area (Å²) in [6.45, 7) is 4.61. The van der Waals surface area contributed by atoms with Crippen LogP contribution in [-0.2, 0) is 38.3 Å². The molecular formula is C18H31NO3PtS. The van der Waals surface area contributed by atoms with E-state index in [0.29, 0.717) is 6.79 Å². The van der Waals surface area contributed by atoms with Crippen LogP contribution in [0.2, 0.25) is 0 Å². The van der Waals surface area contributed by atoms with Gasteiger partial charge in [0.15, 0.2) is 11.5 Å². The first-order chi connectivity index (χ1) is 10.7. The van der Waals surface area contributed by atoms with Crippen LogP contribution in [0.4, 0.5) is 0 Å². The van der Waals surface area contributed by atoms with Gasteiger partial charge in [0.1, 0.15) is 0 Å². The summed E-state index contributed by atoms with van der Waals surface area (Å²) in [4.78, 5) is 0. The Morgan fingerprint density at radius 3 is 2.50 bits per heavy atom. The molecular weight excluding hydrogens is 505 g/mol. The summed E-state index contributed by atoms with van der Waals surface area (Å²) >= 11 is 0. The largest absolute Gasteiger partial charge is 0.454 e. The molecule has 0 aliphatic carbocycles. The molecule has 0 bridgehead atoms. The molecule has 1 heterocycles. The Bertz CT molecular complexity index is 499. The van der Waals surface area contributed by atoms with Gasteiger partial charge in [-0.3, -0.25) is 4.21 Å². The molecule has 2 atom stereocenters. The topological polar surface area (TPSA) is 70.5 Å². The number of fused-ring (bicyclic) bond motifs is 1. The minimum Gasteiger partial charge on any atom is -0.454 e. The van der Waals surface area contributed by atoms with Crippen LogP contribution in [0.15, 0.2) is 18.2 Å². The van der Waals surface area contributed by atoms with E-state index in [4.69, 9.17) is 9.47 Å². The first kappa shape index (κ1) is 23.6. The van der Waals surface area contributed by atoms with Gasteiger partial charge >= 0.3 is 0 Å². The molecule has 4 nitrogen and oxygen atoms in total. The van der Waals surface area contributed by atoms with Gasteiger partial charge in [-0.15, -0.1) is 0 Å². The Kier molecular flexibility index (Phi) is 12.7. The number of benzene rings is 1. The molecule has 1 aliphatic rings. The van der Waals surface area contributed by atoms with Gasteiger partial charge in [-0.25, -0.2) is 0 Å². The van der Waals surface area contributed by atoms with Gasteiger partial charge in [0.25, 0.3) is 0 Å². The van der Waals surface area contributed by atoms with Gasteiger partial charge in [-0.2, -0.15) is 0 Å². The molecule has 0 spiro atoms. The molecule has 0 radical (unpaired) electrons. The van der Waals surface area contributed by atoms with Gasteiger partial charge < -0.3 is 15.6 Å². The molecule has 2 unspecified atom stereocenters. The van der Waals surface area contributed by atoms with Crippen molar-refractivity contribution in [3.8, 4) is 11.5 Å². The molecule has 3 N–H and O–H groups in total. The summed E-state index contributed by atoms with van der Waals surface area (Å²) < 4.78 is 23.0. The maximum atomic E-state index is 12.3. The smallest absolute Gasteiger partial charge is 0.231 e. The molecule has 24 heavy (non-hydrogen) atoms. The van der Waals surface area contributed by atoms with Crippen molar-refractivity contribution in [3.63, 3.8) is 0 Å². The molecule has 0 aromatic heterocycles. The van der Waals surface area contributed by atoms with E-state index in [1.807, 2.05) is 18.2 Å². The molecule has 0 saturated carbocycles. The van der Waals surface area contributed by atoms with Crippen molar-refractivity contribution >= 4 is 10.8 Å². The molecule has 0 saturated heterocycles. The van der Waals surface area contributed by atoms with E-state index in [1.165, 1.54) is 37.7 Å². The van der Waals surface area contributed by atoms with Crippen molar-refractivity contribution < 1.29 is 34.7 Å². The molecule has 1 aliphatic heterocycles. The van der Waals surface area contributed by atoms with Crippen molar-refractivity contribution in [2.24, 2.45) is 0 Å². The van der Waals surface area contributed by atoms with E-state index in [2.05, 4.69) is 13.8 Å². The summed E-state index contributed by atoms with van der Waals surface area (Å²) in [5.74, 6) is 2.45. The maximum absolute atomic E-state index is 12.3. The fourth-order valence-corrected chi connectivity index (χ4v) is 3.99. The average molecular weight is 537 g/mol. The molecule has 0 fully saturated rings. The SMILES string of the molecule is CCCCCCCCS(=O)C(C)Cc1ccc2c(c1)OCO2.N.[Pt]. The predicted molar refractivity (Wildman–Crippen MR) is 97.1 cm³/mol. The van der Waals surface area contributed by atoms with Crippen molar-refractivity contribution in [1.29, 1.82) is 0 Å². The molecule has 142 valence electrons. The van der Waals surface area contributed by atoms with Gasteiger partial charge in [-0.05, 0) is 30.5 Å². The predicted octanol–water partition coefficient (Wildman–Crippen LogP) is 4.62. The number of rotatable bonds is 10. The zero-order valence-electron chi connectivity index (χ0n) is 14.8. The Hall–Kier alpha value is -0.382. The number of hydrogen-bond donors (Lipinski definition) is 1. The monoisotopic (exact) mass is 536 g/mol. The third kappa shape index (κ3) is 7.67. The maximum Gasteiger partial charge on any atom is 0.231 e. The zero-order valence-corrected chi connectivity index (χ0v) is 17.9. The van der Waals surface area contributed by atoms with Crippen molar-refractivity contribution in [3.05, 3.63) is 23.8 Å². The van der Waals surface area contributed by atoms with E-state index in [9.17, 15) is 4.21 Å². The fourth-order valence-electron chi connectivity index (χ4n) is 2.72. The first-order valence-electron chi connectivity index (χ1n) is 8.46. The standard InChI is InChI=1S/C18H28O3S.H3N.Pt/c1-3-4-5-6-7-8-11-22(19)15(2)12-16-9-10-17-18(13-16)21-14-20-17;;/h9-10,13,15H,3-8,11-12,14H2,1-2H3;1H3;. The molecule has 2 rings (SSSR count). The summed E-state index contributed by atoms with van der Waals surface area (Å²) in [6.07, 6.45) is 8.32. The molecule has 0 amide bonds. The Morgan fingerprint density at radius 2 is 1.75 bits per heavy atom. The zero-order chi connectivity index (χ0) is 15.8. The summed E-state index contributed by atoms with van der Waals surface area (Å²) in [5, 5.41) is 0.191. The normalized spacial score (nSPS) is 14.4. The van der Waals surface area contributed by atoms with Crippen molar-refractivity contribution in [2.75, 3.05) is 12.5 Å². The van der Waals surface area contributed by atoms with Crippen LogP contribution in [0.25, 0.3) is 0 Å². The van der Waals surface area contributed by atoms with Gasteiger partial charge in [0.2, 0.25) is 6.79 Å². The van der Waals surface area contributed by atoms with Crippen LogP contribution in [-0.4, -0.2) is 22.0 Å². The molecule has 6 heteroatoms. The number of unbranched alkanes of at least 4 members (excludes halogenated alkanes) is 5. The van der Waals surface area contributed by atoms with Crippen LogP contribution in [0.5, 0.6) is 11.5 Å². The van der Waals surface area contributed by atoms with Gasteiger partial charge in [0.05, 0.1) is 0 Å². The van der Waals surface area contributed by atoms with Crippen LogP contribution < -0.4 is 15.6 Å². The summed E-state index contributed by atoms with van der Waals surface area (Å²) in [7, 11) is -0.743. The number of ether oxygens (including phenoxy) is 2. The Labute approximate surface area is 163 Å². The average Bonchev–Trinajstić information content (AvgIpc) is 2.98. The van der Waals surface area contributed by atoms with Crippen molar-refractivity contribution in [2.45, 2.75) is 64.0 Å². The Balaban J connectivity index is 0.00000264.